The molecule has 0 bridgehead atoms. The van der Waals surface area contributed by atoms with Gasteiger partial charge in [-0.15, -0.1) is 0 Å². The average molecular weight is 269 g/mol. The topological polar surface area (TPSA) is 108 Å². The second-order valence-corrected chi connectivity index (χ2v) is 5.25. The Labute approximate surface area is 104 Å². The number of aromatic nitrogens is 2. The lowest BCUT2D eigenvalue weighted by atomic mass is 10.2. The van der Waals surface area contributed by atoms with Crippen molar-refractivity contribution >= 4 is 15.8 Å². The lowest BCUT2D eigenvalue weighted by molar-refractivity contribution is 0.293. The Morgan fingerprint density at radius 1 is 1.44 bits per heavy atom. The van der Waals surface area contributed by atoms with Crippen molar-refractivity contribution in [2.45, 2.75) is 6.61 Å². The van der Waals surface area contributed by atoms with Crippen LogP contribution in [0, 0.1) is 0 Å². The van der Waals surface area contributed by atoms with Crippen LogP contribution in [-0.4, -0.2) is 24.8 Å². The predicted molar refractivity (Wildman–Crippen MR) is 63.8 cm³/mol. The van der Waals surface area contributed by atoms with Crippen LogP contribution in [0.1, 0.15) is 5.82 Å². The number of nitrogen functional groups attached to an aromatic ring is 1. The first-order chi connectivity index (χ1) is 8.44. The highest BCUT2D eigenvalue weighted by Crippen LogP contribution is 2.19. The van der Waals surface area contributed by atoms with Gasteiger partial charge in [0.25, 0.3) is 16.0 Å². The van der Waals surface area contributed by atoms with Crippen LogP contribution < -0.4 is 5.73 Å². The first kappa shape index (κ1) is 12.5. The number of nitrogens with zero attached hydrogens (tertiary/aromatic N) is 2. The molecule has 2 rings (SSSR count). The molecule has 2 aromatic rings. The van der Waals surface area contributed by atoms with E-state index in [9.17, 15) is 8.42 Å². The Hall–Kier alpha value is -1.93. The summed E-state index contributed by atoms with van der Waals surface area (Å²) in [6.07, 6.45) is 0.950. The fourth-order valence-electron chi connectivity index (χ4n) is 1.26. The minimum absolute atomic E-state index is 0.151. The molecule has 0 saturated heterocycles. The molecule has 0 aliphatic carbocycles. The van der Waals surface area contributed by atoms with E-state index in [4.69, 9.17) is 10.3 Å². The number of rotatable bonds is 4. The molecule has 18 heavy (non-hydrogen) atoms. The third-order valence-corrected chi connectivity index (χ3v) is 2.55. The Bertz CT molecular complexity index is 651. The summed E-state index contributed by atoms with van der Waals surface area (Å²) in [7, 11) is -3.53. The summed E-state index contributed by atoms with van der Waals surface area (Å²) < 4.78 is 31.1. The van der Waals surface area contributed by atoms with Crippen LogP contribution in [0.25, 0.3) is 11.5 Å². The van der Waals surface area contributed by atoms with Gasteiger partial charge in [-0.1, -0.05) is 11.2 Å². The van der Waals surface area contributed by atoms with E-state index in [0.717, 1.165) is 6.26 Å². The molecule has 0 aliphatic heterocycles. The summed E-state index contributed by atoms with van der Waals surface area (Å²) in [6.45, 7) is -0.259. The molecule has 1 heterocycles. The molecule has 0 unspecified atom stereocenters. The maximum Gasteiger partial charge on any atom is 0.264 e. The molecule has 8 heteroatoms. The van der Waals surface area contributed by atoms with Gasteiger partial charge in [-0.3, -0.25) is 4.18 Å². The SMILES string of the molecule is CS(=O)(=O)OCc1noc(-c2cccc(N)c2)n1. The van der Waals surface area contributed by atoms with E-state index in [1.165, 1.54) is 0 Å². The summed E-state index contributed by atoms with van der Waals surface area (Å²) in [5.41, 5.74) is 6.85. The first-order valence-electron chi connectivity index (χ1n) is 4.97. The van der Waals surface area contributed by atoms with Crippen molar-refractivity contribution in [2.24, 2.45) is 0 Å². The van der Waals surface area contributed by atoms with Crippen molar-refractivity contribution in [3.8, 4) is 11.5 Å². The quantitative estimate of drug-likeness (QED) is 0.645. The normalized spacial score (nSPS) is 11.6. The van der Waals surface area contributed by atoms with Crippen LogP contribution in [0.5, 0.6) is 0 Å². The van der Waals surface area contributed by atoms with E-state index < -0.39 is 10.1 Å². The molecule has 0 aliphatic rings. The zero-order valence-corrected chi connectivity index (χ0v) is 10.3. The highest BCUT2D eigenvalue weighted by Gasteiger charge is 2.11. The minimum Gasteiger partial charge on any atom is -0.399 e. The third-order valence-electron chi connectivity index (χ3n) is 2.00. The molecule has 7 nitrogen and oxygen atoms in total. The van der Waals surface area contributed by atoms with Gasteiger partial charge in [-0.25, -0.2) is 0 Å². The number of hydrogen-bond donors (Lipinski definition) is 1. The van der Waals surface area contributed by atoms with Gasteiger partial charge in [-0.05, 0) is 18.2 Å². The van der Waals surface area contributed by atoms with E-state index in [2.05, 4.69) is 14.3 Å². The number of hydrogen-bond acceptors (Lipinski definition) is 7. The Morgan fingerprint density at radius 2 is 2.22 bits per heavy atom. The van der Waals surface area contributed by atoms with Gasteiger partial charge in [0, 0.05) is 11.3 Å². The van der Waals surface area contributed by atoms with Crippen molar-refractivity contribution in [3.63, 3.8) is 0 Å². The summed E-state index contributed by atoms with van der Waals surface area (Å²) >= 11 is 0. The summed E-state index contributed by atoms with van der Waals surface area (Å²) in [5.74, 6) is 0.409. The molecule has 96 valence electrons. The van der Waals surface area contributed by atoms with Crippen molar-refractivity contribution in [3.05, 3.63) is 30.1 Å². The zero-order chi connectivity index (χ0) is 13.2. The van der Waals surface area contributed by atoms with Gasteiger partial charge >= 0.3 is 0 Å². The molecule has 1 aromatic carbocycles. The fraction of sp³-hybridized carbons (Fsp3) is 0.200. The number of nitrogens with two attached hydrogens (primary N) is 1. The Balaban J connectivity index is 2.16. The lowest BCUT2D eigenvalue weighted by Crippen LogP contribution is -2.03. The third kappa shape index (κ3) is 3.28. The fourth-order valence-corrected chi connectivity index (χ4v) is 1.58. The standard InChI is InChI=1S/C10H11N3O4S/c1-18(14,15)16-6-9-12-10(17-13-9)7-3-2-4-8(11)5-7/h2-5H,6,11H2,1H3. The summed E-state index contributed by atoms with van der Waals surface area (Å²) in [4.78, 5) is 4.00. The molecule has 0 fully saturated rings. The lowest BCUT2D eigenvalue weighted by Gasteiger charge is -1.95. The molecule has 1 aromatic heterocycles. The van der Waals surface area contributed by atoms with Gasteiger partial charge in [0.05, 0.1) is 6.26 Å². The highest BCUT2D eigenvalue weighted by atomic mass is 32.2. The molecule has 0 saturated carbocycles. The number of anilines is 1. The summed E-state index contributed by atoms with van der Waals surface area (Å²) in [5, 5.41) is 3.61. The van der Waals surface area contributed by atoms with Crippen LogP contribution in [0.3, 0.4) is 0 Å². The number of benzene rings is 1. The van der Waals surface area contributed by atoms with E-state index in [1.807, 2.05) is 0 Å². The van der Waals surface area contributed by atoms with Gasteiger partial charge < -0.3 is 10.3 Å². The smallest absolute Gasteiger partial charge is 0.264 e. The van der Waals surface area contributed by atoms with Gasteiger partial charge in [0.1, 0.15) is 6.61 Å². The van der Waals surface area contributed by atoms with Gasteiger partial charge in [0.2, 0.25) is 0 Å². The zero-order valence-electron chi connectivity index (χ0n) is 9.53. The van der Waals surface area contributed by atoms with Crippen LogP contribution in [0.2, 0.25) is 0 Å². The Morgan fingerprint density at radius 3 is 2.89 bits per heavy atom. The molecule has 0 atom stereocenters. The van der Waals surface area contributed by atoms with Crippen LogP contribution in [-0.2, 0) is 20.9 Å². The minimum atomic E-state index is -3.53. The largest absolute Gasteiger partial charge is 0.399 e. The second kappa shape index (κ2) is 4.75. The Kier molecular flexibility index (Phi) is 3.30. The van der Waals surface area contributed by atoms with E-state index in [-0.39, 0.29) is 18.3 Å². The highest BCUT2D eigenvalue weighted by molar-refractivity contribution is 7.85. The van der Waals surface area contributed by atoms with E-state index in [0.29, 0.717) is 11.3 Å². The maximum atomic E-state index is 10.8. The van der Waals surface area contributed by atoms with E-state index >= 15 is 0 Å². The van der Waals surface area contributed by atoms with Crippen molar-refractivity contribution in [1.82, 2.24) is 10.1 Å². The first-order valence-corrected chi connectivity index (χ1v) is 6.78. The molecule has 2 N–H and O–H groups in total. The van der Waals surface area contributed by atoms with Crippen molar-refractivity contribution in [1.29, 1.82) is 0 Å². The van der Waals surface area contributed by atoms with Crippen LogP contribution >= 0.6 is 0 Å². The molecular formula is C10H11N3O4S. The molecular weight excluding hydrogens is 258 g/mol. The average Bonchev–Trinajstić information content (AvgIpc) is 2.74. The monoisotopic (exact) mass is 269 g/mol. The maximum absolute atomic E-state index is 10.8. The molecule has 0 spiro atoms. The molecule has 0 radical (unpaired) electrons. The van der Waals surface area contributed by atoms with Crippen molar-refractivity contribution in [2.75, 3.05) is 12.0 Å². The van der Waals surface area contributed by atoms with Gasteiger partial charge in [0.15, 0.2) is 5.82 Å². The van der Waals surface area contributed by atoms with Crippen LogP contribution in [0.4, 0.5) is 5.69 Å². The van der Waals surface area contributed by atoms with Crippen molar-refractivity contribution < 1.29 is 17.1 Å². The van der Waals surface area contributed by atoms with Crippen LogP contribution in [0.15, 0.2) is 28.8 Å². The second-order valence-electron chi connectivity index (χ2n) is 3.61. The van der Waals surface area contributed by atoms with E-state index in [1.54, 1.807) is 24.3 Å². The molecule has 0 amide bonds. The predicted octanol–water partition coefficient (Wildman–Crippen LogP) is 0.795. The summed E-state index contributed by atoms with van der Waals surface area (Å²) in [6, 6.07) is 6.91. The van der Waals surface area contributed by atoms with Gasteiger partial charge in [-0.2, -0.15) is 13.4 Å².